The first-order chi connectivity index (χ1) is 25.7. The molecule has 0 bridgehead atoms. The molecule has 9 rings (SSSR count). The Morgan fingerprint density at radius 1 is 0.558 bits per heavy atom. The first-order valence-electron chi connectivity index (χ1n) is 17.2. The summed E-state index contributed by atoms with van der Waals surface area (Å²) in [6.45, 7) is 6.91. The third kappa shape index (κ3) is 7.93. The zero-order valence-electron chi connectivity index (χ0n) is 28.4. The minimum atomic E-state index is 0.775. The molecule has 2 saturated heterocycles. The second kappa shape index (κ2) is 15.9. The van der Waals surface area contributed by atoms with Crippen molar-refractivity contribution >= 4 is 78.8 Å². The van der Waals surface area contributed by atoms with Crippen molar-refractivity contribution in [1.29, 1.82) is 0 Å². The maximum absolute atomic E-state index is 5.52. The van der Waals surface area contributed by atoms with E-state index in [1.165, 1.54) is 14.9 Å². The fraction of sp³-hybridized carbons (Fsp3) is 0.200. The minimum Gasteiger partial charge on any atom is -0.464 e. The van der Waals surface area contributed by atoms with Gasteiger partial charge in [-0.3, -0.25) is 0 Å². The lowest BCUT2D eigenvalue weighted by atomic mass is 10.1. The number of hydrogen-bond acceptors (Lipinski definition) is 11. The Bertz CT molecular complexity index is 2240. The molecule has 0 unspecified atom stereocenters. The average Bonchev–Trinajstić information content (AvgIpc) is 3.75. The van der Waals surface area contributed by atoms with E-state index < -0.39 is 0 Å². The number of rotatable bonds is 7. The number of furan rings is 1. The fourth-order valence-electron chi connectivity index (χ4n) is 6.31. The van der Waals surface area contributed by atoms with Gasteiger partial charge >= 0.3 is 0 Å². The monoisotopic (exact) mass is 804 g/mol. The smallest absolute Gasteiger partial charge is 0.141 e. The molecule has 0 atom stereocenters. The number of ether oxygens (including phenoxy) is 2. The summed E-state index contributed by atoms with van der Waals surface area (Å²) >= 11 is 2.31. The summed E-state index contributed by atoms with van der Waals surface area (Å²) in [7, 11) is 0. The van der Waals surface area contributed by atoms with Crippen molar-refractivity contribution < 1.29 is 13.9 Å². The van der Waals surface area contributed by atoms with E-state index in [1.807, 2.05) is 30.3 Å². The molecule has 3 aromatic heterocycles. The molecule has 2 fully saturated rings. The molecule has 7 aromatic rings. The van der Waals surface area contributed by atoms with Gasteiger partial charge in [0.05, 0.1) is 43.7 Å². The van der Waals surface area contributed by atoms with Crippen LogP contribution < -0.4 is 20.4 Å². The molecule has 11 nitrogen and oxygen atoms in total. The van der Waals surface area contributed by atoms with Crippen molar-refractivity contribution in [3.8, 4) is 11.3 Å². The molecule has 0 radical (unpaired) electrons. The zero-order valence-corrected chi connectivity index (χ0v) is 30.6. The summed E-state index contributed by atoms with van der Waals surface area (Å²) in [5.74, 6) is 2.43. The topological polar surface area (TPSA) is 114 Å². The number of nitrogens with zero attached hydrogens (tertiary/aromatic N) is 6. The number of benzene rings is 4. The predicted molar refractivity (Wildman–Crippen MR) is 215 cm³/mol. The highest BCUT2D eigenvalue weighted by molar-refractivity contribution is 14.1. The number of hydrogen-bond donors (Lipinski definition) is 2. The average molecular weight is 805 g/mol. The van der Waals surface area contributed by atoms with Gasteiger partial charge in [0.1, 0.15) is 30.1 Å². The van der Waals surface area contributed by atoms with Gasteiger partial charge in [0.25, 0.3) is 0 Å². The van der Waals surface area contributed by atoms with Crippen LogP contribution in [0, 0.1) is 3.57 Å². The van der Waals surface area contributed by atoms with Crippen molar-refractivity contribution in [2.75, 3.05) is 73.0 Å². The van der Waals surface area contributed by atoms with Crippen molar-refractivity contribution in [1.82, 2.24) is 19.9 Å². The standard InChI is InChI=1S/C22H20N4O2.C18H17IN4O/c1-2-21(28-11-1)16-3-8-20-19(14-16)22(24-15-23-20)25-17-4-6-18(7-5-17)26-9-12-27-13-10-26;19-13-1-6-17-16(11-13)18(21-12-20-17)22-14-2-4-15(5-3-14)23-7-9-24-10-8-23/h1-8,11,14-15H,9-10,12-13H2,(H,23,24,25);1-6,11-12H,7-10H2,(H,20,21,22). The van der Waals surface area contributed by atoms with E-state index in [1.54, 1.807) is 18.9 Å². The van der Waals surface area contributed by atoms with E-state index in [9.17, 15) is 0 Å². The normalized spacial score (nSPS) is 14.6. The SMILES string of the molecule is Ic1ccc2ncnc(Nc3ccc(N4CCOCC4)cc3)c2c1.c1coc(-c2ccc3ncnc(Nc4ccc(N5CCOCC5)cc4)c3c2)c1. The summed E-state index contributed by atoms with van der Waals surface area (Å²) < 4.78 is 17.5. The number of anilines is 6. The van der Waals surface area contributed by atoms with Crippen LogP contribution in [0.4, 0.5) is 34.4 Å². The van der Waals surface area contributed by atoms with Crippen LogP contribution in [0.2, 0.25) is 0 Å². The molecule has 0 saturated carbocycles. The summed E-state index contributed by atoms with van der Waals surface area (Å²) in [5, 5.41) is 8.81. The molecular weight excluding hydrogens is 767 g/mol. The van der Waals surface area contributed by atoms with Crippen LogP contribution in [0.3, 0.4) is 0 Å². The predicted octanol–water partition coefficient (Wildman–Crippen LogP) is 8.28. The van der Waals surface area contributed by atoms with Crippen LogP contribution in [0.1, 0.15) is 0 Å². The van der Waals surface area contributed by atoms with Gasteiger partial charge in [-0.2, -0.15) is 0 Å². The highest BCUT2D eigenvalue weighted by atomic mass is 127. The fourth-order valence-corrected chi connectivity index (χ4v) is 6.80. The highest BCUT2D eigenvalue weighted by Crippen LogP contribution is 2.30. The molecular formula is C40H37IN8O3. The molecule has 0 spiro atoms. The van der Waals surface area contributed by atoms with E-state index in [-0.39, 0.29) is 0 Å². The Labute approximate surface area is 315 Å². The first kappa shape index (κ1) is 33.8. The molecule has 2 aliphatic heterocycles. The van der Waals surface area contributed by atoms with Crippen LogP contribution >= 0.6 is 22.6 Å². The number of fused-ring (bicyclic) bond motifs is 2. The van der Waals surface area contributed by atoms with Gasteiger partial charge in [0.15, 0.2) is 0 Å². The van der Waals surface area contributed by atoms with Crippen LogP contribution in [0.25, 0.3) is 33.1 Å². The van der Waals surface area contributed by atoms with Gasteiger partial charge in [-0.1, -0.05) is 0 Å². The van der Waals surface area contributed by atoms with Gasteiger partial charge in [-0.25, -0.2) is 19.9 Å². The van der Waals surface area contributed by atoms with E-state index in [0.29, 0.717) is 0 Å². The number of morpholine rings is 2. The third-order valence-electron chi connectivity index (χ3n) is 9.05. The molecule has 0 amide bonds. The Kier molecular flexibility index (Phi) is 10.4. The maximum atomic E-state index is 5.52. The molecule has 0 aliphatic carbocycles. The summed E-state index contributed by atoms with van der Waals surface area (Å²) in [5.41, 5.74) is 7.27. The first-order valence-corrected chi connectivity index (χ1v) is 18.3. The summed E-state index contributed by atoms with van der Waals surface area (Å²) in [4.78, 5) is 22.2. The van der Waals surface area contributed by atoms with Crippen molar-refractivity contribution in [3.63, 3.8) is 0 Å². The van der Waals surface area contributed by atoms with Gasteiger partial charge in [-0.15, -0.1) is 0 Å². The molecule has 262 valence electrons. The highest BCUT2D eigenvalue weighted by Gasteiger charge is 2.13. The molecule has 2 aliphatic rings. The van der Waals surface area contributed by atoms with Gasteiger partial charge in [0.2, 0.25) is 0 Å². The van der Waals surface area contributed by atoms with Crippen molar-refractivity contribution in [3.05, 3.63) is 120 Å². The number of nitrogens with one attached hydrogen (secondary N) is 2. The van der Waals surface area contributed by atoms with Crippen LogP contribution in [-0.4, -0.2) is 72.5 Å². The number of halogens is 1. The molecule has 12 heteroatoms. The second-order valence-corrected chi connectivity index (χ2v) is 13.6. The second-order valence-electron chi connectivity index (χ2n) is 12.4. The Morgan fingerprint density at radius 3 is 1.60 bits per heavy atom. The Balaban J connectivity index is 0.000000151. The number of aromatic nitrogens is 4. The molecule has 5 heterocycles. The largest absolute Gasteiger partial charge is 0.464 e. The van der Waals surface area contributed by atoms with E-state index in [4.69, 9.17) is 13.9 Å². The van der Waals surface area contributed by atoms with E-state index in [0.717, 1.165) is 109 Å². The van der Waals surface area contributed by atoms with Crippen molar-refractivity contribution in [2.45, 2.75) is 0 Å². The maximum Gasteiger partial charge on any atom is 0.141 e. The van der Waals surface area contributed by atoms with Gasteiger partial charge < -0.3 is 34.3 Å². The molecule has 4 aromatic carbocycles. The molecule has 2 N–H and O–H groups in total. The molecule has 52 heavy (non-hydrogen) atoms. The lowest BCUT2D eigenvalue weighted by Gasteiger charge is -2.28. The minimum absolute atomic E-state index is 0.775. The van der Waals surface area contributed by atoms with Crippen LogP contribution in [0.15, 0.2) is 120 Å². The van der Waals surface area contributed by atoms with Gasteiger partial charge in [0, 0.05) is 68.8 Å². The summed E-state index contributed by atoms with van der Waals surface area (Å²) in [6, 6.07) is 32.9. The lowest BCUT2D eigenvalue weighted by Crippen LogP contribution is -2.36. The van der Waals surface area contributed by atoms with Gasteiger partial charge in [-0.05, 0) is 120 Å². The van der Waals surface area contributed by atoms with E-state index in [2.05, 4.69) is 130 Å². The summed E-state index contributed by atoms with van der Waals surface area (Å²) in [6.07, 6.45) is 4.86. The van der Waals surface area contributed by atoms with Crippen LogP contribution in [-0.2, 0) is 9.47 Å². The Hall–Kier alpha value is -5.31. The van der Waals surface area contributed by atoms with E-state index >= 15 is 0 Å². The quantitative estimate of drug-likeness (QED) is 0.152. The Morgan fingerprint density at radius 2 is 1.08 bits per heavy atom. The van der Waals surface area contributed by atoms with Crippen molar-refractivity contribution in [2.24, 2.45) is 0 Å². The zero-order chi connectivity index (χ0) is 35.1. The lowest BCUT2D eigenvalue weighted by molar-refractivity contribution is 0.122. The van der Waals surface area contributed by atoms with Crippen LogP contribution in [0.5, 0.6) is 0 Å². The third-order valence-corrected chi connectivity index (χ3v) is 9.72.